The number of allylic oxidation sites excluding steroid dienone is 4. The van der Waals surface area contributed by atoms with E-state index in [9.17, 15) is 14.4 Å². The summed E-state index contributed by atoms with van der Waals surface area (Å²) < 4.78 is 21.5. The molecule has 4 aliphatic rings. The van der Waals surface area contributed by atoms with Crippen LogP contribution in [0.3, 0.4) is 0 Å². The number of Topliss-reactive ketones (excluding diaryl/α,β-unsaturated/α-hetero) is 2. The number of ether oxygens (including phenoxy) is 3. The predicted molar refractivity (Wildman–Crippen MR) is 127 cm³/mol. The van der Waals surface area contributed by atoms with Gasteiger partial charge in [0, 0.05) is 29.6 Å². The van der Waals surface area contributed by atoms with Gasteiger partial charge in [-0.05, 0) is 67.2 Å². The molecular formula is C28H23NO7. The summed E-state index contributed by atoms with van der Waals surface area (Å²) in [5, 5.41) is 0. The van der Waals surface area contributed by atoms with Crippen molar-refractivity contribution in [3.63, 3.8) is 0 Å². The van der Waals surface area contributed by atoms with E-state index in [1.54, 1.807) is 6.20 Å². The number of carbonyl (C=O) groups is 3. The van der Waals surface area contributed by atoms with Crippen LogP contribution in [0.2, 0.25) is 0 Å². The second kappa shape index (κ2) is 8.12. The lowest BCUT2D eigenvalue weighted by Gasteiger charge is -2.37. The van der Waals surface area contributed by atoms with Crippen LogP contribution in [0.25, 0.3) is 0 Å². The lowest BCUT2D eigenvalue weighted by atomic mass is 9.75. The summed E-state index contributed by atoms with van der Waals surface area (Å²) in [6.45, 7) is 5.81. The molecule has 182 valence electrons. The molecule has 8 heteroatoms. The van der Waals surface area contributed by atoms with Crippen molar-refractivity contribution in [3.8, 4) is 11.5 Å². The molecule has 1 saturated carbocycles. The van der Waals surface area contributed by atoms with Gasteiger partial charge in [-0.3, -0.25) is 9.59 Å². The summed E-state index contributed by atoms with van der Waals surface area (Å²) in [5.74, 6) is -0.459. The second-order valence-corrected chi connectivity index (χ2v) is 9.29. The number of hydrogen-bond donors (Lipinski definition) is 0. The van der Waals surface area contributed by atoms with E-state index in [0.717, 1.165) is 24.1 Å². The quantitative estimate of drug-likeness (QED) is 0.443. The number of furan rings is 1. The zero-order valence-corrected chi connectivity index (χ0v) is 19.6. The van der Waals surface area contributed by atoms with Crippen molar-refractivity contribution in [1.82, 2.24) is 4.90 Å². The Labute approximate surface area is 207 Å². The smallest absolute Gasteiger partial charge is 0.375 e. The molecule has 1 aromatic carbocycles. The third kappa shape index (κ3) is 3.48. The highest BCUT2D eigenvalue weighted by Gasteiger charge is 2.53. The maximum Gasteiger partial charge on any atom is 0.375 e. The van der Waals surface area contributed by atoms with E-state index >= 15 is 0 Å². The molecular weight excluding hydrogens is 462 g/mol. The number of ketones is 2. The molecule has 0 amide bonds. The van der Waals surface area contributed by atoms with Gasteiger partial charge < -0.3 is 23.5 Å². The second-order valence-electron chi connectivity index (χ2n) is 9.29. The summed E-state index contributed by atoms with van der Waals surface area (Å²) in [7, 11) is 0. The van der Waals surface area contributed by atoms with Gasteiger partial charge in [-0.15, -0.1) is 0 Å². The highest BCUT2D eigenvalue weighted by molar-refractivity contribution is 6.29. The topological polar surface area (TPSA) is 95.3 Å². The first-order valence-corrected chi connectivity index (χ1v) is 11.7. The Morgan fingerprint density at radius 2 is 2.00 bits per heavy atom. The van der Waals surface area contributed by atoms with Crippen LogP contribution in [-0.4, -0.2) is 34.8 Å². The number of rotatable bonds is 6. The van der Waals surface area contributed by atoms with E-state index in [4.69, 9.17) is 18.6 Å². The van der Waals surface area contributed by atoms with Gasteiger partial charge >= 0.3 is 5.97 Å². The molecule has 1 unspecified atom stereocenters. The van der Waals surface area contributed by atoms with Gasteiger partial charge in [-0.25, -0.2) is 4.79 Å². The van der Waals surface area contributed by atoms with E-state index in [0.29, 0.717) is 35.1 Å². The molecule has 3 heterocycles. The lowest BCUT2D eigenvalue weighted by Crippen LogP contribution is -2.52. The minimum atomic E-state index is -2.04. The molecule has 1 fully saturated rings. The fraction of sp³-hybridized carbons (Fsp3) is 0.250. The van der Waals surface area contributed by atoms with Gasteiger partial charge in [0.2, 0.25) is 29.7 Å². The minimum absolute atomic E-state index is 0.0928. The van der Waals surface area contributed by atoms with Crippen LogP contribution in [0.5, 0.6) is 11.5 Å². The molecule has 0 bridgehead atoms. The van der Waals surface area contributed by atoms with Crippen LogP contribution < -0.4 is 9.47 Å². The van der Waals surface area contributed by atoms with Gasteiger partial charge in [0.25, 0.3) is 0 Å². The fourth-order valence-electron chi connectivity index (χ4n) is 4.78. The van der Waals surface area contributed by atoms with Crippen molar-refractivity contribution in [2.45, 2.75) is 31.9 Å². The fourth-order valence-corrected chi connectivity index (χ4v) is 4.78. The van der Waals surface area contributed by atoms with Gasteiger partial charge in [0.1, 0.15) is 0 Å². The Morgan fingerprint density at radius 1 is 1.19 bits per heavy atom. The first kappa shape index (κ1) is 22.2. The first-order chi connectivity index (χ1) is 17.4. The van der Waals surface area contributed by atoms with E-state index < -0.39 is 23.1 Å². The molecule has 8 nitrogen and oxygen atoms in total. The van der Waals surface area contributed by atoms with Crippen LogP contribution in [-0.2, 0) is 20.9 Å². The van der Waals surface area contributed by atoms with Crippen LogP contribution in [0, 0.1) is 5.92 Å². The average Bonchev–Trinajstić information content (AvgIpc) is 3.35. The van der Waals surface area contributed by atoms with Crippen LogP contribution in [0.4, 0.5) is 0 Å². The van der Waals surface area contributed by atoms with Gasteiger partial charge in [0.15, 0.2) is 11.5 Å². The molecule has 0 N–H and O–H groups in total. The number of hydrogen-bond acceptors (Lipinski definition) is 8. The molecule has 1 atom stereocenters. The molecule has 36 heavy (non-hydrogen) atoms. The predicted octanol–water partition coefficient (Wildman–Crippen LogP) is 4.25. The third-order valence-corrected chi connectivity index (χ3v) is 6.85. The van der Waals surface area contributed by atoms with Crippen molar-refractivity contribution in [3.05, 3.63) is 95.3 Å². The Kier molecular flexibility index (Phi) is 5.00. The Balaban J connectivity index is 1.39. The normalized spacial score (nSPS) is 22.8. The van der Waals surface area contributed by atoms with E-state index in [1.807, 2.05) is 29.2 Å². The zero-order valence-electron chi connectivity index (χ0n) is 19.6. The lowest BCUT2D eigenvalue weighted by molar-refractivity contribution is -0.145. The molecule has 6 rings (SSSR count). The number of fused-ring (bicyclic) bond motifs is 2. The van der Waals surface area contributed by atoms with Crippen molar-refractivity contribution in [2.24, 2.45) is 5.92 Å². The number of benzene rings is 1. The molecule has 2 aromatic rings. The highest BCUT2D eigenvalue weighted by atomic mass is 16.7. The average molecular weight is 485 g/mol. The Bertz CT molecular complexity index is 1410. The van der Waals surface area contributed by atoms with Crippen LogP contribution in [0.15, 0.2) is 88.4 Å². The zero-order chi connectivity index (χ0) is 25.0. The van der Waals surface area contributed by atoms with Crippen molar-refractivity contribution in [2.75, 3.05) is 6.79 Å². The van der Waals surface area contributed by atoms with Crippen molar-refractivity contribution >= 4 is 17.5 Å². The summed E-state index contributed by atoms with van der Waals surface area (Å²) in [4.78, 5) is 41.9. The molecule has 2 aliphatic carbocycles. The summed E-state index contributed by atoms with van der Waals surface area (Å²) in [6.07, 6.45) is 8.46. The van der Waals surface area contributed by atoms with Crippen molar-refractivity contribution in [1.29, 1.82) is 0 Å². The highest BCUT2D eigenvalue weighted by Crippen LogP contribution is 2.46. The van der Waals surface area contributed by atoms with Crippen molar-refractivity contribution < 1.29 is 33.0 Å². The Hall–Kier alpha value is -4.33. The number of nitrogens with zero attached hydrogens (tertiary/aromatic N) is 1. The number of carbonyl (C=O) groups excluding carboxylic acids is 3. The van der Waals surface area contributed by atoms with Gasteiger partial charge in [-0.1, -0.05) is 18.7 Å². The van der Waals surface area contributed by atoms with Gasteiger partial charge in [-0.2, -0.15) is 0 Å². The summed E-state index contributed by atoms with van der Waals surface area (Å²) in [5.41, 5.74) is 1.02. The summed E-state index contributed by atoms with van der Waals surface area (Å²) in [6, 6.07) is 8.69. The van der Waals surface area contributed by atoms with E-state index in [-0.39, 0.29) is 18.1 Å². The monoisotopic (exact) mass is 485 g/mol. The van der Waals surface area contributed by atoms with E-state index in [1.165, 1.54) is 31.4 Å². The van der Waals surface area contributed by atoms with Crippen LogP contribution >= 0.6 is 0 Å². The summed E-state index contributed by atoms with van der Waals surface area (Å²) >= 11 is 0. The van der Waals surface area contributed by atoms with E-state index in [2.05, 4.69) is 6.58 Å². The maximum absolute atomic E-state index is 13.7. The SMILES string of the molecule is C=CC1=C2C=C(C3CC3)N(Cc3ccc4c(c3)OCO4)C=C2C(=O)C(C)(OC(=O)c2ccco2)C1=O. The first-order valence-electron chi connectivity index (χ1n) is 11.7. The largest absolute Gasteiger partial charge is 0.457 e. The van der Waals surface area contributed by atoms with Gasteiger partial charge in [0.05, 0.1) is 6.26 Å². The standard InChI is InChI=1S/C28H23NO7/c1-3-18-19-12-21(17-7-8-17)29(13-16-6-9-22-24(11-16)35-15-34-22)14-20(19)26(31)28(2,25(18)30)36-27(32)23-5-4-10-33-23/h3-6,9-12,14,17H,1,7-8,13,15H2,2H3. The minimum Gasteiger partial charge on any atom is -0.457 e. The number of esters is 1. The molecule has 0 radical (unpaired) electrons. The third-order valence-electron chi connectivity index (χ3n) is 6.85. The maximum atomic E-state index is 13.7. The molecule has 0 spiro atoms. The molecule has 2 aliphatic heterocycles. The molecule has 0 saturated heterocycles. The molecule has 1 aromatic heterocycles. The Morgan fingerprint density at radius 3 is 2.72 bits per heavy atom. The van der Waals surface area contributed by atoms with Crippen LogP contribution in [0.1, 0.15) is 35.9 Å².